The second kappa shape index (κ2) is 9.85. The van der Waals surface area contributed by atoms with Gasteiger partial charge in [-0.05, 0) is 43.2 Å². The van der Waals surface area contributed by atoms with Gasteiger partial charge in [0, 0.05) is 25.2 Å². The zero-order valence-electron chi connectivity index (χ0n) is 18.5. The van der Waals surface area contributed by atoms with Crippen molar-refractivity contribution in [1.29, 1.82) is 0 Å². The van der Waals surface area contributed by atoms with Crippen molar-refractivity contribution in [2.75, 3.05) is 33.4 Å². The second-order valence-corrected chi connectivity index (χ2v) is 9.91. The van der Waals surface area contributed by atoms with E-state index >= 15 is 0 Å². The minimum atomic E-state index is -4.03. The molecule has 0 aliphatic carbocycles. The number of ether oxygens (including phenoxy) is 3. The van der Waals surface area contributed by atoms with Crippen LogP contribution in [0.2, 0.25) is 0 Å². The summed E-state index contributed by atoms with van der Waals surface area (Å²) in [6.45, 7) is 0.835. The fourth-order valence-corrected chi connectivity index (χ4v) is 5.77. The number of rotatable bonds is 8. The first-order chi connectivity index (χ1) is 16.3. The highest BCUT2D eigenvalue weighted by Crippen LogP contribution is 2.30. The Morgan fingerprint density at radius 2 is 1.74 bits per heavy atom. The van der Waals surface area contributed by atoms with Gasteiger partial charge in [-0.3, -0.25) is 10.1 Å². The smallest absolute Gasteiger partial charge is 0.410 e. The van der Waals surface area contributed by atoms with E-state index in [1.807, 2.05) is 0 Å². The third kappa shape index (κ3) is 4.92. The lowest BCUT2D eigenvalue weighted by Gasteiger charge is -2.34. The van der Waals surface area contributed by atoms with Crippen LogP contribution in [-0.2, 0) is 14.8 Å². The van der Waals surface area contributed by atoms with Crippen LogP contribution >= 0.6 is 0 Å². The van der Waals surface area contributed by atoms with Crippen molar-refractivity contribution >= 4 is 21.8 Å². The monoisotopic (exact) mass is 491 g/mol. The summed E-state index contributed by atoms with van der Waals surface area (Å²) in [7, 11) is -2.45. The molecule has 0 saturated carbocycles. The molecule has 2 fully saturated rings. The fraction of sp³-hybridized carbons (Fsp3) is 0.409. The standard InChI is InChI=1S/C22H25N3O8S/c1-31-17-6-8-18(9-7-17)32-15-19-14-24(22(26)33-19)16-10-12-23(13-11-16)34(29,30)21-5-3-2-4-20(21)25(27)28/h2-9,16,19H,10-15H2,1H3. The van der Waals surface area contributed by atoms with Gasteiger partial charge in [-0.25, -0.2) is 13.2 Å². The minimum Gasteiger partial charge on any atom is -0.497 e. The summed E-state index contributed by atoms with van der Waals surface area (Å²) in [5.41, 5.74) is -0.451. The number of hydrogen-bond acceptors (Lipinski definition) is 8. The van der Waals surface area contributed by atoms with E-state index in [0.29, 0.717) is 30.9 Å². The third-order valence-electron chi connectivity index (χ3n) is 5.94. The van der Waals surface area contributed by atoms with Crippen LogP contribution in [0, 0.1) is 10.1 Å². The topological polar surface area (TPSA) is 129 Å². The third-order valence-corrected chi connectivity index (χ3v) is 7.89. The highest BCUT2D eigenvalue weighted by molar-refractivity contribution is 7.89. The Balaban J connectivity index is 1.33. The first kappa shape index (κ1) is 23.8. The van der Waals surface area contributed by atoms with Crippen LogP contribution in [0.5, 0.6) is 11.5 Å². The number of amides is 1. The number of benzene rings is 2. The molecule has 4 rings (SSSR count). The van der Waals surface area contributed by atoms with Crippen molar-refractivity contribution in [2.24, 2.45) is 0 Å². The number of sulfonamides is 1. The summed E-state index contributed by atoms with van der Waals surface area (Å²) in [5, 5.41) is 11.3. The zero-order chi connectivity index (χ0) is 24.3. The largest absolute Gasteiger partial charge is 0.497 e. The molecule has 1 unspecified atom stereocenters. The SMILES string of the molecule is COc1ccc(OCC2CN(C3CCN(S(=O)(=O)c4ccccc4[N+](=O)[O-])CC3)C(=O)O2)cc1. The van der Waals surface area contributed by atoms with E-state index in [4.69, 9.17) is 14.2 Å². The van der Waals surface area contributed by atoms with Gasteiger partial charge in [0.15, 0.2) is 11.0 Å². The molecule has 34 heavy (non-hydrogen) atoms. The quantitative estimate of drug-likeness (QED) is 0.407. The molecule has 0 aromatic heterocycles. The Kier molecular flexibility index (Phi) is 6.89. The number of carbonyl (C=O) groups excluding carboxylic acids is 1. The van der Waals surface area contributed by atoms with Crippen LogP contribution in [0.4, 0.5) is 10.5 Å². The number of piperidine rings is 1. The van der Waals surface area contributed by atoms with Crippen molar-refractivity contribution in [1.82, 2.24) is 9.21 Å². The highest BCUT2D eigenvalue weighted by atomic mass is 32.2. The van der Waals surface area contributed by atoms with Gasteiger partial charge in [0.2, 0.25) is 10.0 Å². The molecule has 11 nitrogen and oxygen atoms in total. The Bertz CT molecular complexity index is 1150. The molecule has 2 aromatic rings. The zero-order valence-corrected chi connectivity index (χ0v) is 19.3. The Morgan fingerprint density at radius 1 is 1.09 bits per heavy atom. The molecular weight excluding hydrogens is 466 g/mol. The molecule has 2 aliphatic rings. The number of nitro groups is 1. The average molecular weight is 492 g/mol. The maximum absolute atomic E-state index is 13.0. The van der Waals surface area contributed by atoms with Crippen molar-refractivity contribution < 1.29 is 32.3 Å². The lowest BCUT2D eigenvalue weighted by atomic mass is 10.1. The number of nitrogens with zero attached hydrogens (tertiary/aromatic N) is 3. The Labute approximate surface area is 197 Å². The van der Waals surface area contributed by atoms with Crippen molar-refractivity contribution in [3.8, 4) is 11.5 Å². The normalized spacial score (nSPS) is 19.6. The van der Waals surface area contributed by atoms with Gasteiger partial charge in [0.05, 0.1) is 18.6 Å². The summed E-state index contributed by atoms with van der Waals surface area (Å²) in [6, 6.07) is 12.2. The van der Waals surface area contributed by atoms with E-state index in [0.717, 1.165) is 0 Å². The second-order valence-electron chi connectivity index (χ2n) is 8.00. The van der Waals surface area contributed by atoms with Gasteiger partial charge in [0.1, 0.15) is 18.1 Å². The van der Waals surface area contributed by atoms with Crippen molar-refractivity contribution in [2.45, 2.75) is 29.9 Å². The molecule has 2 aromatic carbocycles. The van der Waals surface area contributed by atoms with Crippen LogP contribution in [0.25, 0.3) is 0 Å². The molecule has 0 bridgehead atoms. The Morgan fingerprint density at radius 3 is 2.38 bits per heavy atom. The summed E-state index contributed by atoms with van der Waals surface area (Å²) in [5.74, 6) is 1.34. The Hall–Kier alpha value is -3.38. The predicted molar refractivity (Wildman–Crippen MR) is 120 cm³/mol. The summed E-state index contributed by atoms with van der Waals surface area (Å²) in [6.07, 6.45) is -0.0890. The summed E-state index contributed by atoms with van der Waals surface area (Å²) < 4.78 is 43.5. The predicted octanol–water partition coefficient (Wildman–Crippen LogP) is 2.66. The van der Waals surface area contributed by atoms with Crippen LogP contribution < -0.4 is 9.47 Å². The molecule has 12 heteroatoms. The maximum atomic E-state index is 13.0. The number of hydrogen-bond donors (Lipinski definition) is 0. The van der Waals surface area contributed by atoms with E-state index in [2.05, 4.69) is 0 Å². The van der Waals surface area contributed by atoms with E-state index in [1.54, 1.807) is 36.3 Å². The first-order valence-corrected chi connectivity index (χ1v) is 12.2. The number of methoxy groups -OCH3 is 1. The van der Waals surface area contributed by atoms with E-state index in [-0.39, 0.29) is 30.6 Å². The molecule has 0 radical (unpaired) electrons. The highest BCUT2D eigenvalue weighted by Gasteiger charge is 2.40. The molecule has 1 atom stereocenters. The number of para-hydroxylation sites is 1. The van der Waals surface area contributed by atoms with Gasteiger partial charge in [-0.2, -0.15) is 4.31 Å². The van der Waals surface area contributed by atoms with E-state index in [1.165, 1.54) is 28.6 Å². The number of cyclic esters (lactones) is 1. The lowest BCUT2D eigenvalue weighted by Crippen LogP contribution is -2.47. The van der Waals surface area contributed by atoms with Gasteiger partial charge in [0.25, 0.3) is 5.69 Å². The molecule has 2 saturated heterocycles. The van der Waals surface area contributed by atoms with Gasteiger partial charge < -0.3 is 19.1 Å². The molecule has 182 valence electrons. The summed E-state index contributed by atoms with van der Waals surface area (Å²) >= 11 is 0. The maximum Gasteiger partial charge on any atom is 0.410 e. The van der Waals surface area contributed by atoms with Gasteiger partial charge >= 0.3 is 6.09 Å². The fourth-order valence-electron chi connectivity index (χ4n) is 4.15. The molecule has 0 N–H and O–H groups in total. The van der Waals surface area contributed by atoms with E-state index < -0.39 is 32.8 Å². The van der Waals surface area contributed by atoms with Crippen LogP contribution in [0.15, 0.2) is 53.4 Å². The minimum absolute atomic E-state index is 0.149. The van der Waals surface area contributed by atoms with E-state index in [9.17, 15) is 23.3 Å². The van der Waals surface area contributed by atoms with Gasteiger partial charge in [-0.15, -0.1) is 0 Å². The first-order valence-electron chi connectivity index (χ1n) is 10.8. The lowest BCUT2D eigenvalue weighted by molar-refractivity contribution is -0.387. The molecule has 0 spiro atoms. The van der Waals surface area contributed by atoms with Gasteiger partial charge in [-0.1, -0.05) is 12.1 Å². The molecule has 2 heterocycles. The molecular formula is C22H25N3O8S. The van der Waals surface area contributed by atoms with Crippen LogP contribution in [0.1, 0.15) is 12.8 Å². The summed E-state index contributed by atoms with van der Waals surface area (Å²) in [4.78, 5) is 24.3. The average Bonchev–Trinajstić information content (AvgIpc) is 3.23. The van der Waals surface area contributed by atoms with Crippen molar-refractivity contribution in [3.63, 3.8) is 0 Å². The number of nitro benzene ring substituents is 1. The number of carbonyl (C=O) groups is 1. The molecule has 2 aliphatic heterocycles. The van der Waals surface area contributed by atoms with Crippen molar-refractivity contribution in [3.05, 3.63) is 58.6 Å². The van der Waals surface area contributed by atoms with Crippen LogP contribution in [-0.4, -0.2) is 74.1 Å². The molecule has 1 amide bonds. The van der Waals surface area contributed by atoms with Crippen LogP contribution in [0.3, 0.4) is 0 Å².